The number of rotatable bonds is 3. The number of Topliss-reactive ketones (excluding diaryl/α,β-unsaturated/α-hetero) is 1. The van der Waals surface area contributed by atoms with E-state index in [-0.39, 0.29) is 5.78 Å². The number of benzene rings is 2. The van der Waals surface area contributed by atoms with E-state index in [4.69, 9.17) is 4.74 Å². The van der Waals surface area contributed by atoms with Crippen molar-refractivity contribution >= 4 is 33.4 Å². The Bertz CT molecular complexity index is 727. The summed E-state index contributed by atoms with van der Waals surface area (Å²) in [5.74, 6) is -0.637. The minimum atomic E-state index is -0.828. The molecule has 1 aliphatic rings. The van der Waals surface area contributed by atoms with E-state index in [0.717, 1.165) is 15.7 Å². The normalized spacial score (nSPS) is 20.0. The van der Waals surface area contributed by atoms with Gasteiger partial charge in [0, 0.05) is 10.2 Å². The highest BCUT2D eigenvalue weighted by Gasteiger charge is 2.38. The van der Waals surface area contributed by atoms with Gasteiger partial charge in [-0.3, -0.25) is 4.79 Å². The van der Waals surface area contributed by atoms with Crippen molar-refractivity contribution in [1.29, 1.82) is 0 Å². The van der Waals surface area contributed by atoms with Gasteiger partial charge in [-0.1, -0.05) is 34.1 Å². The summed E-state index contributed by atoms with van der Waals surface area (Å²) in [5, 5.41) is 3.30. The van der Waals surface area contributed by atoms with E-state index in [2.05, 4.69) is 21.2 Å². The van der Waals surface area contributed by atoms with Gasteiger partial charge in [-0.25, -0.2) is 4.79 Å². The molecule has 3 rings (SSSR count). The molecule has 0 saturated carbocycles. The minimum absolute atomic E-state index is 0.183. The third-order valence-electron chi connectivity index (χ3n) is 3.62. The van der Waals surface area contributed by atoms with E-state index in [0.29, 0.717) is 5.56 Å². The average molecular weight is 360 g/mol. The predicted molar refractivity (Wildman–Crippen MR) is 86.8 cm³/mol. The Labute approximate surface area is 136 Å². The van der Waals surface area contributed by atoms with Crippen LogP contribution >= 0.6 is 15.9 Å². The molecule has 5 heteroatoms. The van der Waals surface area contributed by atoms with Crippen molar-refractivity contribution in [1.82, 2.24) is 0 Å². The molecule has 0 amide bonds. The summed E-state index contributed by atoms with van der Waals surface area (Å²) in [4.78, 5) is 23.9. The molecule has 0 unspecified atom stereocenters. The first kappa shape index (κ1) is 14.8. The standard InChI is InChI=1S/C17H14BrNO3/c1-10(20)16-15(19-12-8-6-11(18)7-9-12)13-4-2-3-5-14(13)17(21)22-16/h2-9,15-16,19H,1H3/t15-,16-/m0/s1. The summed E-state index contributed by atoms with van der Waals surface area (Å²) >= 11 is 3.39. The lowest BCUT2D eigenvalue weighted by molar-refractivity contribution is -0.126. The van der Waals surface area contributed by atoms with Crippen LogP contribution < -0.4 is 5.32 Å². The van der Waals surface area contributed by atoms with Gasteiger partial charge < -0.3 is 10.1 Å². The zero-order valence-corrected chi connectivity index (χ0v) is 13.5. The molecule has 2 atom stereocenters. The van der Waals surface area contributed by atoms with Crippen LogP contribution in [0.2, 0.25) is 0 Å². The molecule has 0 fully saturated rings. The molecule has 4 nitrogen and oxygen atoms in total. The van der Waals surface area contributed by atoms with Crippen LogP contribution in [0.5, 0.6) is 0 Å². The minimum Gasteiger partial charge on any atom is -0.448 e. The van der Waals surface area contributed by atoms with Crippen LogP contribution in [0.15, 0.2) is 53.0 Å². The molecule has 0 aromatic heterocycles. The average Bonchev–Trinajstić information content (AvgIpc) is 2.52. The first-order valence-corrected chi connectivity index (χ1v) is 7.68. The molecule has 22 heavy (non-hydrogen) atoms. The molecule has 0 radical (unpaired) electrons. The molecule has 0 spiro atoms. The molecule has 1 aliphatic heterocycles. The number of anilines is 1. The van der Waals surface area contributed by atoms with Gasteiger partial charge in [-0.05, 0) is 42.8 Å². The fourth-order valence-corrected chi connectivity index (χ4v) is 2.83. The van der Waals surface area contributed by atoms with Crippen molar-refractivity contribution in [3.63, 3.8) is 0 Å². The summed E-state index contributed by atoms with van der Waals surface area (Å²) in [6.07, 6.45) is -0.828. The van der Waals surface area contributed by atoms with E-state index in [1.54, 1.807) is 12.1 Å². The maximum atomic E-state index is 12.0. The van der Waals surface area contributed by atoms with Crippen LogP contribution in [0.1, 0.15) is 28.9 Å². The van der Waals surface area contributed by atoms with Gasteiger partial charge in [0.25, 0.3) is 0 Å². The predicted octanol–water partition coefficient (Wildman–Crippen LogP) is 3.73. The SMILES string of the molecule is CC(=O)[C@@H]1OC(=O)c2ccccc2[C@@H]1Nc1ccc(Br)cc1. The van der Waals surface area contributed by atoms with E-state index in [1.807, 2.05) is 36.4 Å². The fraction of sp³-hybridized carbons (Fsp3) is 0.176. The van der Waals surface area contributed by atoms with Gasteiger partial charge in [-0.15, -0.1) is 0 Å². The second kappa shape index (κ2) is 5.93. The number of esters is 1. The first-order chi connectivity index (χ1) is 10.6. The van der Waals surface area contributed by atoms with E-state index in [9.17, 15) is 9.59 Å². The lowest BCUT2D eigenvalue weighted by Crippen LogP contribution is -2.40. The van der Waals surface area contributed by atoms with Crippen molar-refractivity contribution in [3.05, 3.63) is 64.1 Å². The lowest BCUT2D eigenvalue weighted by Gasteiger charge is -2.32. The Hall–Kier alpha value is -2.14. The van der Waals surface area contributed by atoms with E-state index >= 15 is 0 Å². The van der Waals surface area contributed by atoms with Crippen LogP contribution in [0, 0.1) is 0 Å². The number of hydrogen-bond acceptors (Lipinski definition) is 4. The van der Waals surface area contributed by atoms with Gasteiger partial charge in [0.15, 0.2) is 11.9 Å². The maximum Gasteiger partial charge on any atom is 0.339 e. The number of cyclic esters (lactones) is 1. The highest BCUT2D eigenvalue weighted by Crippen LogP contribution is 2.33. The fourth-order valence-electron chi connectivity index (χ4n) is 2.56. The van der Waals surface area contributed by atoms with Crippen molar-refractivity contribution in [3.8, 4) is 0 Å². The zero-order chi connectivity index (χ0) is 15.7. The third kappa shape index (κ3) is 2.76. The summed E-state index contributed by atoms with van der Waals surface area (Å²) in [6, 6.07) is 14.4. The number of halogens is 1. The van der Waals surface area contributed by atoms with Crippen molar-refractivity contribution in [2.45, 2.75) is 19.1 Å². The van der Waals surface area contributed by atoms with E-state index in [1.165, 1.54) is 6.92 Å². The van der Waals surface area contributed by atoms with Crippen LogP contribution in [0.3, 0.4) is 0 Å². The lowest BCUT2D eigenvalue weighted by atomic mass is 9.91. The van der Waals surface area contributed by atoms with Gasteiger partial charge in [0.2, 0.25) is 0 Å². The van der Waals surface area contributed by atoms with Crippen molar-refractivity contribution in [2.24, 2.45) is 0 Å². The number of hydrogen-bond donors (Lipinski definition) is 1. The van der Waals surface area contributed by atoms with Crippen LogP contribution in [0.25, 0.3) is 0 Å². The van der Waals surface area contributed by atoms with Crippen LogP contribution in [-0.4, -0.2) is 17.9 Å². The Morgan fingerprint density at radius 3 is 2.50 bits per heavy atom. The smallest absolute Gasteiger partial charge is 0.339 e. The number of fused-ring (bicyclic) bond motifs is 1. The zero-order valence-electron chi connectivity index (χ0n) is 11.9. The molecule has 1 heterocycles. The molecule has 112 valence electrons. The number of ether oxygens (including phenoxy) is 1. The Balaban J connectivity index is 2.01. The van der Waals surface area contributed by atoms with Gasteiger partial charge in [0.05, 0.1) is 11.6 Å². The maximum absolute atomic E-state index is 12.0. The van der Waals surface area contributed by atoms with Crippen LogP contribution in [-0.2, 0) is 9.53 Å². The number of carbonyl (C=O) groups excluding carboxylic acids is 2. The topological polar surface area (TPSA) is 55.4 Å². The molecule has 1 N–H and O–H groups in total. The molecule has 0 bridgehead atoms. The summed E-state index contributed by atoms with van der Waals surface area (Å²) in [6.45, 7) is 1.43. The number of ketones is 1. The summed E-state index contributed by atoms with van der Waals surface area (Å²) in [7, 11) is 0. The van der Waals surface area contributed by atoms with Gasteiger partial charge in [-0.2, -0.15) is 0 Å². The summed E-state index contributed by atoms with van der Waals surface area (Å²) in [5.41, 5.74) is 2.13. The van der Waals surface area contributed by atoms with Crippen molar-refractivity contribution < 1.29 is 14.3 Å². The molecule has 0 aliphatic carbocycles. The number of nitrogens with one attached hydrogen (secondary N) is 1. The Morgan fingerprint density at radius 1 is 1.14 bits per heavy atom. The molecule has 0 saturated heterocycles. The molecular formula is C17H14BrNO3. The number of carbonyl (C=O) groups is 2. The largest absolute Gasteiger partial charge is 0.448 e. The molecular weight excluding hydrogens is 346 g/mol. The van der Waals surface area contributed by atoms with Crippen molar-refractivity contribution in [2.75, 3.05) is 5.32 Å². The van der Waals surface area contributed by atoms with Gasteiger partial charge >= 0.3 is 5.97 Å². The molecule has 2 aromatic carbocycles. The molecule has 2 aromatic rings. The van der Waals surface area contributed by atoms with Gasteiger partial charge in [0.1, 0.15) is 0 Å². The Kier molecular flexibility index (Phi) is 3.98. The second-order valence-corrected chi connectivity index (χ2v) is 6.07. The first-order valence-electron chi connectivity index (χ1n) is 6.89. The third-order valence-corrected chi connectivity index (χ3v) is 4.15. The van der Waals surface area contributed by atoms with Crippen LogP contribution in [0.4, 0.5) is 5.69 Å². The highest BCUT2D eigenvalue weighted by atomic mass is 79.9. The summed E-state index contributed by atoms with van der Waals surface area (Å²) < 4.78 is 6.29. The highest BCUT2D eigenvalue weighted by molar-refractivity contribution is 9.10. The quantitative estimate of drug-likeness (QED) is 0.848. The van der Waals surface area contributed by atoms with E-state index < -0.39 is 18.1 Å². The Morgan fingerprint density at radius 2 is 1.82 bits per heavy atom. The monoisotopic (exact) mass is 359 g/mol. The second-order valence-electron chi connectivity index (χ2n) is 5.15.